The van der Waals surface area contributed by atoms with E-state index in [4.69, 9.17) is 21.1 Å². The number of nitrogens with zero attached hydrogens (tertiary/aromatic N) is 1. The van der Waals surface area contributed by atoms with Crippen LogP contribution in [-0.4, -0.2) is 54.8 Å². The molecule has 3 aromatic carbocycles. The van der Waals surface area contributed by atoms with Gasteiger partial charge in [-0.3, -0.25) is 14.5 Å². The van der Waals surface area contributed by atoms with Crippen LogP contribution in [0.1, 0.15) is 33.0 Å². The molecule has 0 aromatic heterocycles. The van der Waals surface area contributed by atoms with Crippen LogP contribution >= 0.6 is 23.4 Å². The first-order chi connectivity index (χ1) is 20.1. The first-order valence-electron chi connectivity index (χ1n) is 13.2. The zero-order valence-electron chi connectivity index (χ0n) is 22.4. The van der Waals surface area contributed by atoms with Gasteiger partial charge in [-0.15, -0.1) is 24.9 Å². The highest BCUT2D eigenvalue weighted by molar-refractivity contribution is 7.99. The molecule has 7 rings (SSSR count). The summed E-state index contributed by atoms with van der Waals surface area (Å²) in [6.45, 7) is 0. The molecule has 1 amide bonds. The minimum atomic E-state index is -4.94. The highest BCUT2D eigenvalue weighted by Crippen LogP contribution is 2.71. The lowest BCUT2D eigenvalue weighted by Gasteiger charge is -2.44. The molecule has 0 unspecified atom stereocenters. The smallest absolute Gasteiger partial charge is 0.493 e. The summed E-state index contributed by atoms with van der Waals surface area (Å²) in [7, 11) is 2.97. The van der Waals surface area contributed by atoms with Gasteiger partial charge in [0.2, 0.25) is 0 Å². The number of Topliss-reactive ketones (excluding diaryl/α,β-unsaturated/α-hetero) is 1. The third-order valence-corrected chi connectivity index (χ3v) is 10.5. The second kappa shape index (κ2) is 9.29. The number of rotatable bonds is 4. The van der Waals surface area contributed by atoms with E-state index >= 15 is 4.79 Å². The van der Waals surface area contributed by atoms with E-state index in [0.717, 1.165) is 6.07 Å². The Kier molecular flexibility index (Phi) is 6.07. The molecule has 2 fully saturated rings. The SMILES string of the molecule is COc1cc2c(cc1OC)C(=O)[C@]1(C2)[C@@H](c2ccccc2Cl)[C@@H]2CSCN2[C@@]12C(=O)Nc1ccc(OC(F)(F)F)cc12. The van der Waals surface area contributed by atoms with Gasteiger partial charge in [0.15, 0.2) is 17.3 Å². The van der Waals surface area contributed by atoms with Crippen molar-refractivity contribution in [1.82, 2.24) is 4.90 Å². The summed E-state index contributed by atoms with van der Waals surface area (Å²) in [5, 5.41) is 3.35. The summed E-state index contributed by atoms with van der Waals surface area (Å²) in [4.78, 5) is 31.6. The minimum absolute atomic E-state index is 0.131. The number of benzene rings is 3. The fourth-order valence-electron chi connectivity index (χ4n) is 7.72. The predicted octanol–water partition coefficient (Wildman–Crippen LogP) is 6.00. The standard InChI is InChI=1S/C30H24ClF3N2O5S/c1-39-23-9-15-12-28(26(37)18(15)11-24(23)40-2)25(17-5-3-4-6-20(17)31)22-13-42-14-36(22)29(28)19-10-16(41-30(32,33)34)7-8-21(19)35-27(29)38/h3-11,22,25H,12-14H2,1-2H3,(H,35,38)/t22-,25-,28-,29-/m0/s1. The second-order valence-electron chi connectivity index (χ2n) is 10.8. The third kappa shape index (κ3) is 3.47. The maximum Gasteiger partial charge on any atom is 0.573 e. The van der Waals surface area contributed by atoms with Gasteiger partial charge in [-0.1, -0.05) is 29.8 Å². The van der Waals surface area contributed by atoms with Gasteiger partial charge >= 0.3 is 6.36 Å². The van der Waals surface area contributed by atoms with E-state index in [1.54, 1.807) is 36.0 Å². The molecule has 2 spiro atoms. The van der Waals surface area contributed by atoms with E-state index in [9.17, 15) is 18.0 Å². The Morgan fingerprint density at radius 2 is 1.79 bits per heavy atom. The fourth-order valence-corrected chi connectivity index (χ4v) is 9.28. The molecule has 3 heterocycles. The molecule has 1 N–H and O–H groups in total. The first-order valence-corrected chi connectivity index (χ1v) is 14.7. The molecule has 0 bridgehead atoms. The molecule has 3 aliphatic heterocycles. The summed E-state index contributed by atoms with van der Waals surface area (Å²) in [5.41, 5.74) is -0.761. The number of hydrogen-bond donors (Lipinski definition) is 1. The van der Waals surface area contributed by atoms with Crippen LogP contribution in [0.15, 0.2) is 54.6 Å². The molecular formula is C30H24ClF3N2O5S. The average Bonchev–Trinajstić information content (AvgIpc) is 3.66. The molecule has 7 nitrogen and oxygen atoms in total. The van der Waals surface area contributed by atoms with Crippen LogP contribution in [0, 0.1) is 5.41 Å². The number of carbonyl (C=O) groups excluding carboxylic acids is 2. The third-order valence-electron chi connectivity index (χ3n) is 9.07. The number of carbonyl (C=O) groups is 2. The average molecular weight is 617 g/mol. The van der Waals surface area contributed by atoms with Crippen molar-refractivity contribution in [2.45, 2.75) is 30.3 Å². The Balaban J connectivity index is 1.55. The van der Waals surface area contributed by atoms with Gasteiger partial charge in [0.25, 0.3) is 5.91 Å². The molecule has 1 aliphatic carbocycles. The van der Waals surface area contributed by atoms with Gasteiger partial charge in [0, 0.05) is 45.4 Å². The van der Waals surface area contributed by atoms with Crippen molar-refractivity contribution in [2.75, 3.05) is 31.2 Å². The van der Waals surface area contributed by atoms with Crippen LogP contribution in [0.25, 0.3) is 0 Å². The van der Waals surface area contributed by atoms with E-state index in [1.165, 1.54) is 26.4 Å². The highest BCUT2D eigenvalue weighted by atomic mass is 35.5. The Morgan fingerprint density at radius 1 is 1.05 bits per heavy atom. The Bertz CT molecular complexity index is 1670. The van der Waals surface area contributed by atoms with E-state index in [1.807, 2.05) is 17.0 Å². The topological polar surface area (TPSA) is 77.1 Å². The van der Waals surface area contributed by atoms with Crippen LogP contribution in [0.2, 0.25) is 5.02 Å². The summed E-state index contributed by atoms with van der Waals surface area (Å²) in [6, 6.07) is 14.1. The molecule has 4 aliphatic rings. The number of amides is 1. The van der Waals surface area contributed by atoms with Gasteiger partial charge in [-0.2, -0.15) is 0 Å². The van der Waals surface area contributed by atoms with E-state index < -0.39 is 34.9 Å². The molecule has 4 atom stereocenters. The Hall–Kier alpha value is -3.41. The zero-order valence-corrected chi connectivity index (χ0v) is 24.0. The summed E-state index contributed by atoms with van der Waals surface area (Å²) in [6.07, 6.45) is -4.81. The molecule has 2 saturated heterocycles. The number of ether oxygens (including phenoxy) is 3. The number of methoxy groups -OCH3 is 2. The Morgan fingerprint density at radius 3 is 2.50 bits per heavy atom. The number of alkyl halides is 3. The van der Waals surface area contributed by atoms with Crippen molar-refractivity contribution < 1.29 is 37.0 Å². The molecule has 3 aromatic rings. The monoisotopic (exact) mass is 616 g/mol. The number of anilines is 1. The van der Waals surface area contributed by atoms with Crippen molar-refractivity contribution in [3.05, 3.63) is 81.9 Å². The zero-order chi connectivity index (χ0) is 29.6. The molecule has 42 heavy (non-hydrogen) atoms. The Labute approximate surface area is 248 Å². The van der Waals surface area contributed by atoms with Gasteiger partial charge in [0.1, 0.15) is 11.3 Å². The molecule has 0 saturated carbocycles. The van der Waals surface area contributed by atoms with Gasteiger partial charge in [0.05, 0.1) is 19.6 Å². The molecule has 218 valence electrons. The van der Waals surface area contributed by atoms with Crippen molar-refractivity contribution in [3.8, 4) is 17.2 Å². The number of ketones is 1. The van der Waals surface area contributed by atoms with Crippen LogP contribution in [-0.2, 0) is 16.8 Å². The minimum Gasteiger partial charge on any atom is -0.493 e. The van der Waals surface area contributed by atoms with E-state index in [2.05, 4.69) is 10.1 Å². The molecular weight excluding hydrogens is 593 g/mol. The molecule has 12 heteroatoms. The van der Waals surface area contributed by atoms with Crippen molar-refractivity contribution >= 4 is 40.7 Å². The number of halogens is 4. The molecule has 0 radical (unpaired) electrons. The van der Waals surface area contributed by atoms with Crippen LogP contribution < -0.4 is 19.5 Å². The number of hydrogen-bond acceptors (Lipinski definition) is 7. The van der Waals surface area contributed by atoms with Crippen LogP contribution in [0.4, 0.5) is 18.9 Å². The number of thioether (sulfide) groups is 1. The summed E-state index contributed by atoms with van der Waals surface area (Å²) >= 11 is 8.42. The lowest BCUT2D eigenvalue weighted by molar-refractivity contribution is -0.274. The largest absolute Gasteiger partial charge is 0.573 e. The first kappa shape index (κ1) is 27.4. The maximum absolute atomic E-state index is 15.1. The summed E-state index contributed by atoms with van der Waals surface area (Å²) < 4.78 is 55.4. The van der Waals surface area contributed by atoms with Crippen molar-refractivity contribution in [1.29, 1.82) is 0 Å². The highest BCUT2D eigenvalue weighted by Gasteiger charge is 2.79. The van der Waals surface area contributed by atoms with E-state index in [0.29, 0.717) is 50.5 Å². The quantitative estimate of drug-likeness (QED) is 0.385. The van der Waals surface area contributed by atoms with Gasteiger partial charge in [-0.25, -0.2) is 0 Å². The predicted molar refractivity (Wildman–Crippen MR) is 151 cm³/mol. The fraction of sp³-hybridized carbons (Fsp3) is 0.333. The summed E-state index contributed by atoms with van der Waals surface area (Å²) in [5.74, 6) is -0.0357. The van der Waals surface area contributed by atoms with Crippen LogP contribution in [0.5, 0.6) is 17.2 Å². The number of fused-ring (bicyclic) bond motifs is 6. The van der Waals surface area contributed by atoms with Crippen molar-refractivity contribution in [3.63, 3.8) is 0 Å². The normalized spacial score (nSPS) is 27.8. The lowest BCUT2D eigenvalue weighted by atomic mass is 9.58. The number of nitrogens with one attached hydrogen (secondary N) is 1. The second-order valence-corrected chi connectivity index (χ2v) is 12.2. The van der Waals surface area contributed by atoms with E-state index in [-0.39, 0.29) is 23.8 Å². The van der Waals surface area contributed by atoms with Gasteiger partial charge in [-0.05, 0) is 53.9 Å². The van der Waals surface area contributed by atoms with Crippen molar-refractivity contribution in [2.24, 2.45) is 5.41 Å². The lowest BCUT2D eigenvalue weighted by Crippen LogP contribution is -2.58. The maximum atomic E-state index is 15.1. The van der Waals surface area contributed by atoms with Crippen LogP contribution in [0.3, 0.4) is 0 Å². The van der Waals surface area contributed by atoms with Gasteiger partial charge < -0.3 is 19.5 Å².